The molecule has 0 unspecified atom stereocenters. The number of benzene rings is 2. The number of aromatic nitrogens is 1. The smallest absolute Gasteiger partial charge is 0.335 e. The van der Waals surface area contributed by atoms with Crippen LogP contribution in [0.4, 0.5) is 0 Å². The number of unbranched alkanes of at least 4 members (excludes halogenated alkanes) is 2. The molecule has 0 atom stereocenters. The number of aromatic carboxylic acids is 1. The Morgan fingerprint density at radius 2 is 1.68 bits per heavy atom. The first-order chi connectivity index (χ1) is 12.2. The predicted molar refractivity (Wildman–Crippen MR) is 97.6 cm³/mol. The van der Waals surface area contributed by atoms with Crippen molar-refractivity contribution in [2.75, 3.05) is 0 Å². The molecule has 1 heterocycles. The van der Waals surface area contributed by atoms with Crippen molar-refractivity contribution in [3.63, 3.8) is 0 Å². The van der Waals surface area contributed by atoms with Gasteiger partial charge in [-0.3, -0.25) is 0 Å². The number of nitrogens with zero attached hydrogens (tertiary/aromatic N) is 1. The standard InChI is InChI=1S/C21H21NO3/c1-2-3-4-5-15-6-8-17(9-7-15)20-14-19(22-25-20)16-10-12-18(13-11-16)21(23)24/h6-14H,2-5H2,1H3,(H,23,24). The lowest BCUT2D eigenvalue weighted by Crippen LogP contribution is -1.94. The van der Waals surface area contributed by atoms with Gasteiger partial charge in [-0.25, -0.2) is 4.79 Å². The van der Waals surface area contributed by atoms with Gasteiger partial charge in [-0.1, -0.05) is 61.3 Å². The van der Waals surface area contributed by atoms with E-state index in [4.69, 9.17) is 9.63 Å². The van der Waals surface area contributed by atoms with Gasteiger partial charge >= 0.3 is 5.97 Å². The summed E-state index contributed by atoms with van der Waals surface area (Å²) in [6.07, 6.45) is 4.81. The first kappa shape index (κ1) is 17.0. The van der Waals surface area contributed by atoms with Gasteiger partial charge in [0.05, 0.1) is 5.56 Å². The van der Waals surface area contributed by atoms with Gasteiger partial charge < -0.3 is 9.63 Å². The van der Waals surface area contributed by atoms with Crippen molar-refractivity contribution in [3.05, 3.63) is 65.7 Å². The molecular formula is C21H21NO3. The van der Waals surface area contributed by atoms with Gasteiger partial charge in [0, 0.05) is 17.2 Å². The number of aryl methyl sites for hydroxylation is 1. The molecule has 0 fully saturated rings. The third-order valence-electron chi connectivity index (χ3n) is 4.25. The van der Waals surface area contributed by atoms with Crippen molar-refractivity contribution in [2.45, 2.75) is 32.6 Å². The minimum atomic E-state index is -0.939. The summed E-state index contributed by atoms with van der Waals surface area (Å²) in [6.45, 7) is 2.21. The molecule has 4 heteroatoms. The van der Waals surface area contributed by atoms with E-state index in [0.29, 0.717) is 11.5 Å². The second-order valence-corrected chi connectivity index (χ2v) is 6.11. The maximum atomic E-state index is 10.9. The molecule has 0 saturated carbocycles. The van der Waals surface area contributed by atoms with Crippen LogP contribution in [0.3, 0.4) is 0 Å². The fraction of sp³-hybridized carbons (Fsp3) is 0.238. The molecule has 3 rings (SSSR count). The third-order valence-corrected chi connectivity index (χ3v) is 4.25. The van der Waals surface area contributed by atoms with Gasteiger partial charge in [-0.15, -0.1) is 0 Å². The Morgan fingerprint density at radius 3 is 2.32 bits per heavy atom. The molecule has 2 aromatic carbocycles. The summed E-state index contributed by atoms with van der Waals surface area (Å²) >= 11 is 0. The van der Waals surface area contributed by atoms with E-state index < -0.39 is 5.97 Å². The predicted octanol–water partition coefficient (Wildman–Crippen LogP) is 5.44. The minimum Gasteiger partial charge on any atom is -0.478 e. The molecular weight excluding hydrogens is 314 g/mol. The molecule has 0 aliphatic carbocycles. The van der Waals surface area contributed by atoms with Gasteiger partial charge in [0.15, 0.2) is 5.76 Å². The van der Waals surface area contributed by atoms with Gasteiger partial charge in [0.1, 0.15) is 5.69 Å². The number of carboxylic acids is 1. The zero-order chi connectivity index (χ0) is 17.6. The monoisotopic (exact) mass is 335 g/mol. The summed E-state index contributed by atoms with van der Waals surface area (Å²) in [5, 5.41) is 13.1. The van der Waals surface area contributed by atoms with Crippen LogP contribution in [-0.2, 0) is 6.42 Å². The van der Waals surface area contributed by atoms with Crippen LogP contribution >= 0.6 is 0 Å². The molecule has 128 valence electrons. The molecule has 1 aromatic heterocycles. The van der Waals surface area contributed by atoms with Crippen molar-refractivity contribution in [3.8, 4) is 22.6 Å². The Kier molecular flexibility index (Phi) is 5.29. The Labute approximate surface area is 147 Å². The summed E-state index contributed by atoms with van der Waals surface area (Å²) in [5.41, 5.74) is 4.10. The van der Waals surface area contributed by atoms with Crippen LogP contribution < -0.4 is 0 Å². The average Bonchev–Trinajstić information content (AvgIpc) is 3.13. The molecule has 3 aromatic rings. The van der Waals surface area contributed by atoms with Crippen LogP contribution in [0.25, 0.3) is 22.6 Å². The van der Waals surface area contributed by atoms with E-state index in [2.05, 4.69) is 36.3 Å². The Balaban J connectivity index is 1.73. The molecule has 0 aliphatic heterocycles. The maximum absolute atomic E-state index is 10.9. The van der Waals surface area contributed by atoms with Gasteiger partial charge in [-0.2, -0.15) is 0 Å². The van der Waals surface area contributed by atoms with Crippen molar-refractivity contribution in [1.82, 2.24) is 5.16 Å². The van der Waals surface area contributed by atoms with Crippen molar-refractivity contribution >= 4 is 5.97 Å². The zero-order valence-corrected chi connectivity index (χ0v) is 14.2. The summed E-state index contributed by atoms with van der Waals surface area (Å²) in [4.78, 5) is 10.9. The number of hydrogen-bond donors (Lipinski definition) is 1. The van der Waals surface area contributed by atoms with Crippen molar-refractivity contribution in [1.29, 1.82) is 0 Å². The van der Waals surface area contributed by atoms with E-state index in [0.717, 1.165) is 17.5 Å². The quantitative estimate of drug-likeness (QED) is 0.584. The largest absolute Gasteiger partial charge is 0.478 e. The van der Waals surface area contributed by atoms with Gasteiger partial charge in [0.2, 0.25) is 0 Å². The SMILES string of the molecule is CCCCCc1ccc(-c2cc(-c3ccc(C(=O)O)cc3)no2)cc1. The molecule has 0 bridgehead atoms. The highest BCUT2D eigenvalue weighted by Gasteiger charge is 2.10. The molecule has 0 radical (unpaired) electrons. The number of rotatable bonds is 7. The topological polar surface area (TPSA) is 63.3 Å². The van der Waals surface area contributed by atoms with E-state index in [1.807, 2.05) is 6.07 Å². The molecule has 0 amide bonds. The van der Waals surface area contributed by atoms with E-state index in [1.165, 1.54) is 24.8 Å². The van der Waals surface area contributed by atoms with Crippen LogP contribution in [0.5, 0.6) is 0 Å². The normalized spacial score (nSPS) is 10.8. The van der Waals surface area contributed by atoms with E-state index >= 15 is 0 Å². The lowest BCUT2D eigenvalue weighted by atomic mass is 10.0. The Bertz CT molecular complexity index is 832. The molecule has 0 spiro atoms. The second-order valence-electron chi connectivity index (χ2n) is 6.11. The summed E-state index contributed by atoms with van der Waals surface area (Å²) < 4.78 is 5.45. The average molecular weight is 335 g/mol. The second kappa shape index (κ2) is 7.79. The number of carbonyl (C=O) groups is 1. The highest BCUT2D eigenvalue weighted by Crippen LogP contribution is 2.26. The highest BCUT2D eigenvalue weighted by molar-refractivity contribution is 5.88. The van der Waals surface area contributed by atoms with Crippen LogP contribution in [0.1, 0.15) is 42.1 Å². The summed E-state index contributed by atoms with van der Waals surface area (Å²) in [7, 11) is 0. The Morgan fingerprint density at radius 1 is 1.00 bits per heavy atom. The van der Waals surface area contributed by atoms with Crippen LogP contribution in [0, 0.1) is 0 Å². The molecule has 4 nitrogen and oxygen atoms in total. The van der Waals surface area contributed by atoms with Crippen LogP contribution in [0.2, 0.25) is 0 Å². The number of hydrogen-bond acceptors (Lipinski definition) is 3. The number of carboxylic acid groups (broad SMARTS) is 1. The lowest BCUT2D eigenvalue weighted by Gasteiger charge is -2.01. The van der Waals surface area contributed by atoms with E-state index in [9.17, 15) is 4.79 Å². The molecule has 1 N–H and O–H groups in total. The van der Waals surface area contributed by atoms with Crippen LogP contribution in [-0.4, -0.2) is 16.2 Å². The fourth-order valence-electron chi connectivity index (χ4n) is 2.75. The fourth-order valence-corrected chi connectivity index (χ4v) is 2.75. The van der Waals surface area contributed by atoms with E-state index in [-0.39, 0.29) is 5.56 Å². The zero-order valence-electron chi connectivity index (χ0n) is 14.2. The Hall–Kier alpha value is -2.88. The first-order valence-electron chi connectivity index (χ1n) is 8.57. The summed E-state index contributed by atoms with van der Waals surface area (Å²) in [6, 6.07) is 16.9. The van der Waals surface area contributed by atoms with Gasteiger partial charge in [-0.05, 0) is 30.5 Å². The maximum Gasteiger partial charge on any atom is 0.335 e. The molecule has 25 heavy (non-hydrogen) atoms. The lowest BCUT2D eigenvalue weighted by molar-refractivity contribution is 0.0697. The highest BCUT2D eigenvalue weighted by atomic mass is 16.5. The van der Waals surface area contributed by atoms with Crippen molar-refractivity contribution in [2.24, 2.45) is 0 Å². The first-order valence-corrected chi connectivity index (χ1v) is 8.57. The van der Waals surface area contributed by atoms with Gasteiger partial charge in [0.25, 0.3) is 0 Å². The van der Waals surface area contributed by atoms with Crippen LogP contribution in [0.15, 0.2) is 59.1 Å². The summed E-state index contributed by atoms with van der Waals surface area (Å²) in [5.74, 6) is -0.233. The van der Waals surface area contributed by atoms with Crippen molar-refractivity contribution < 1.29 is 14.4 Å². The van der Waals surface area contributed by atoms with E-state index in [1.54, 1.807) is 24.3 Å². The molecule has 0 aliphatic rings. The minimum absolute atomic E-state index is 0.256. The third kappa shape index (κ3) is 4.15. The molecule has 0 saturated heterocycles.